The van der Waals surface area contributed by atoms with Gasteiger partial charge in [-0.05, 0) is 13.8 Å². The van der Waals surface area contributed by atoms with Gasteiger partial charge in [0.1, 0.15) is 6.42 Å². The highest BCUT2D eigenvalue weighted by Crippen LogP contribution is 1.87. The molecule has 7 heteroatoms. The summed E-state index contributed by atoms with van der Waals surface area (Å²) in [6.45, 7) is 3.91. The minimum Gasteiger partial charge on any atom is -0.469 e. The molecule has 0 aromatic carbocycles. The Morgan fingerprint density at radius 2 is 1.94 bits per heavy atom. The van der Waals surface area contributed by atoms with Gasteiger partial charge in [0, 0.05) is 12.6 Å². The fourth-order valence-electron chi connectivity index (χ4n) is 0.999. The SMILES string of the molecule is CCOC(=O)NCC(C)NC(=O)CC(=O)OC. The quantitative estimate of drug-likeness (QED) is 0.500. The standard InChI is InChI=1S/C10H18N2O5/c1-4-17-10(15)11-6-7(2)12-8(13)5-9(14)16-3/h7H,4-6H2,1-3H3,(H,11,15)(H,12,13). The average molecular weight is 246 g/mol. The van der Waals surface area contributed by atoms with E-state index in [0.29, 0.717) is 0 Å². The van der Waals surface area contributed by atoms with Gasteiger partial charge >= 0.3 is 12.1 Å². The fraction of sp³-hybridized carbons (Fsp3) is 0.700. The number of rotatable bonds is 6. The van der Waals surface area contributed by atoms with Crippen molar-refractivity contribution in [2.45, 2.75) is 26.3 Å². The monoisotopic (exact) mass is 246 g/mol. The minimum absolute atomic E-state index is 0.228. The van der Waals surface area contributed by atoms with Gasteiger partial charge < -0.3 is 20.1 Å². The second-order valence-corrected chi connectivity index (χ2v) is 3.32. The minimum atomic E-state index is -0.604. The van der Waals surface area contributed by atoms with Crippen LogP contribution in [0.15, 0.2) is 0 Å². The molecular weight excluding hydrogens is 228 g/mol. The Kier molecular flexibility index (Phi) is 7.49. The van der Waals surface area contributed by atoms with E-state index in [2.05, 4.69) is 20.1 Å². The second-order valence-electron chi connectivity index (χ2n) is 3.32. The summed E-state index contributed by atoms with van der Waals surface area (Å²) >= 11 is 0. The first kappa shape index (κ1) is 15.2. The van der Waals surface area contributed by atoms with Crippen molar-refractivity contribution in [3.63, 3.8) is 0 Å². The zero-order chi connectivity index (χ0) is 13.3. The van der Waals surface area contributed by atoms with E-state index in [4.69, 9.17) is 0 Å². The average Bonchev–Trinajstić information content (AvgIpc) is 2.26. The zero-order valence-corrected chi connectivity index (χ0v) is 10.2. The van der Waals surface area contributed by atoms with Crippen molar-refractivity contribution in [2.24, 2.45) is 0 Å². The van der Waals surface area contributed by atoms with Gasteiger partial charge in [0.05, 0.1) is 13.7 Å². The molecule has 0 heterocycles. The maximum absolute atomic E-state index is 11.2. The van der Waals surface area contributed by atoms with Gasteiger partial charge in [-0.1, -0.05) is 0 Å². The van der Waals surface area contributed by atoms with Gasteiger partial charge in [-0.25, -0.2) is 4.79 Å². The van der Waals surface area contributed by atoms with E-state index in [-0.39, 0.29) is 25.6 Å². The molecule has 0 aliphatic heterocycles. The summed E-state index contributed by atoms with van der Waals surface area (Å²) in [7, 11) is 1.21. The van der Waals surface area contributed by atoms with Crippen LogP contribution in [0.3, 0.4) is 0 Å². The van der Waals surface area contributed by atoms with E-state index in [1.807, 2.05) is 0 Å². The van der Waals surface area contributed by atoms with E-state index in [1.165, 1.54) is 7.11 Å². The van der Waals surface area contributed by atoms with Crippen LogP contribution in [0.25, 0.3) is 0 Å². The lowest BCUT2D eigenvalue weighted by molar-refractivity contribution is -0.143. The molecule has 0 saturated carbocycles. The number of alkyl carbamates (subject to hydrolysis) is 1. The highest BCUT2D eigenvalue weighted by atomic mass is 16.5. The van der Waals surface area contributed by atoms with Crippen molar-refractivity contribution in [1.29, 1.82) is 0 Å². The van der Waals surface area contributed by atoms with Crippen LogP contribution < -0.4 is 10.6 Å². The molecule has 0 aromatic rings. The number of hydrogen-bond acceptors (Lipinski definition) is 5. The maximum atomic E-state index is 11.2. The Hall–Kier alpha value is -1.79. The van der Waals surface area contributed by atoms with Crippen LogP contribution in [0.5, 0.6) is 0 Å². The molecule has 1 atom stereocenters. The first-order valence-electron chi connectivity index (χ1n) is 5.26. The molecule has 0 radical (unpaired) electrons. The third kappa shape index (κ3) is 8.06. The summed E-state index contributed by atoms with van der Waals surface area (Å²) < 4.78 is 8.99. The van der Waals surface area contributed by atoms with Gasteiger partial charge in [-0.3, -0.25) is 9.59 Å². The Balaban J connectivity index is 3.78. The van der Waals surface area contributed by atoms with E-state index >= 15 is 0 Å². The molecule has 7 nitrogen and oxygen atoms in total. The number of hydrogen-bond donors (Lipinski definition) is 2. The van der Waals surface area contributed by atoms with Crippen LogP contribution in [0.2, 0.25) is 0 Å². The smallest absolute Gasteiger partial charge is 0.407 e. The Morgan fingerprint density at radius 3 is 2.47 bits per heavy atom. The van der Waals surface area contributed by atoms with Gasteiger partial charge in [-0.15, -0.1) is 0 Å². The molecule has 0 bridgehead atoms. The number of carbonyl (C=O) groups excluding carboxylic acids is 3. The molecule has 0 aromatic heterocycles. The van der Waals surface area contributed by atoms with Crippen LogP contribution >= 0.6 is 0 Å². The summed E-state index contributed by atoms with van der Waals surface area (Å²) in [5.41, 5.74) is 0. The van der Waals surface area contributed by atoms with Crippen molar-refractivity contribution in [2.75, 3.05) is 20.3 Å². The van der Waals surface area contributed by atoms with E-state index in [1.54, 1.807) is 13.8 Å². The van der Waals surface area contributed by atoms with Gasteiger partial charge in [0.2, 0.25) is 5.91 Å². The van der Waals surface area contributed by atoms with Crippen LogP contribution in [-0.2, 0) is 19.1 Å². The van der Waals surface area contributed by atoms with E-state index in [0.717, 1.165) is 0 Å². The molecule has 1 unspecified atom stereocenters. The third-order valence-corrected chi connectivity index (χ3v) is 1.77. The summed E-state index contributed by atoms with van der Waals surface area (Å²) in [6, 6.07) is -0.295. The number of esters is 1. The van der Waals surface area contributed by atoms with Crippen molar-refractivity contribution < 1.29 is 23.9 Å². The Morgan fingerprint density at radius 1 is 1.29 bits per heavy atom. The normalized spacial score (nSPS) is 11.2. The molecule has 98 valence electrons. The number of nitrogens with one attached hydrogen (secondary N) is 2. The van der Waals surface area contributed by atoms with Crippen LogP contribution in [0.1, 0.15) is 20.3 Å². The van der Waals surface area contributed by atoms with E-state index < -0.39 is 18.0 Å². The third-order valence-electron chi connectivity index (χ3n) is 1.77. The zero-order valence-electron chi connectivity index (χ0n) is 10.2. The number of ether oxygens (including phenoxy) is 2. The number of methoxy groups -OCH3 is 1. The highest BCUT2D eigenvalue weighted by Gasteiger charge is 2.12. The molecule has 17 heavy (non-hydrogen) atoms. The second kappa shape index (κ2) is 8.37. The lowest BCUT2D eigenvalue weighted by atomic mass is 10.3. The summed E-state index contributed by atoms with van der Waals surface area (Å²) in [6.07, 6.45) is -0.873. The largest absolute Gasteiger partial charge is 0.469 e. The fourth-order valence-corrected chi connectivity index (χ4v) is 0.999. The molecule has 0 spiro atoms. The van der Waals surface area contributed by atoms with Gasteiger partial charge in [-0.2, -0.15) is 0 Å². The van der Waals surface area contributed by atoms with Gasteiger partial charge in [0.25, 0.3) is 0 Å². The van der Waals surface area contributed by atoms with E-state index in [9.17, 15) is 14.4 Å². The predicted octanol–water partition coefficient (Wildman–Crippen LogP) is -0.200. The summed E-state index contributed by atoms with van der Waals surface area (Å²) in [5.74, 6) is -1.05. The van der Waals surface area contributed by atoms with Crippen molar-refractivity contribution in [1.82, 2.24) is 10.6 Å². The molecule has 0 saturated heterocycles. The molecule has 0 aliphatic carbocycles. The topological polar surface area (TPSA) is 93.7 Å². The number of amides is 2. The lowest BCUT2D eigenvalue weighted by Crippen LogP contribution is -2.42. The molecule has 0 fully saturated rings. The van der Waals surface area contributed by atoms with Crippen molar-refractivity contribution in [3.8, 4) is 0 Å². The molecule has 2 N–H and O–H groups in total. The molecule has 0 rings (SSSR count). The van der Waals surface area contributed by atoms with Crippen molar-refractivity contribution in [3.05, 3.63) is 0 Å². The molecule has 0 aliphatic rings. The highest BCUT2D eigenvalue weighted by molar-refractivity contribution is 5.94. The summed E-state index contributed by atoms with van der Waals surface area (Å²) in [4.78, 5) is 33.0. The van der Waals surface area contributed by atoms with Crippen molar-refractivity contribution >= 4 is 18.0 Å². The summed E-state index contributed by atoms with van der Waals surface area (Å²) in [5, 5.41) is 5.00. The predicted molar refractivity (Wildman–Crippen MR) is 59.3 cm³/mol. The van der Waals surface area contributed by atoms with Crippen LogP contribution in [-0.4, -0.2) is 44.3 Å². The van der Waals surface area contributed by atoms with Gasteiger partial charge in [0.15, 0.2) is 0 Å². The maximum Gasteiger partial charge on any atom is 0.407 e. The number of carbonyl (C=O) groups is 3. The van der Waals surface area contributed by atoms with Crippen LogP contribution in [0, 0.1) is 0 Å². The lowest BCUT2D eigenvalue weighted by Gasteiger charge is -2.14. The Labute approximate surface area is 99.8 Å². The molecular formula is C10H18N2O5. The van der Waals surface area contributed by atoms with Crippen LogP contribution in [0.4, 0.5) is 4.79 Å². The Bertz CT molecular complexity index is 280. The first-order valence-corrected chi connectivity index (χ1v) is 5.26. The first-order chi connectivity index (χ1) is 7.99. The molecule has 2 amide bonds.